The van der Waals surface area contributed by atoms with Crippen LogP contribution in [0.5, 0.6) is 0 Å². The summed E-state index contributed by atoms with van der Waals surface area (Å²) in [4.78, 5) is 5.43. The van der Waals surface area contributed by atoms with Crippen molar-refractivity contribution in [1.82, 2.24) is 5.06 Å². The molecule has 1 aliphatic rings. The first-order chi connectivity index (χ1) is 6.67. The third-order valence-corrected chi connectivity index (χ3v) is 3.08. The molecule has 1 N–H and O–H groups in total. The number of aliphatic hydroxyl groups is 1. The molecule has 1 fully saturated rings. The predicted octanol–water partition coefficient (Wildman–Crippen LogP) is 1.54. The fourth-order valence-corrected chi connectivity index (χ4v) is 3.02. The topological polar surface area (TPSA) is 41.9 Å². The summed E-state index contributed by atoms with van der Waals surface area (Å²) in [6.45, 7) is 8.17. The molecule has 0 bridgehead atoms. The zero-order chi connectivity index (χ0) is 11.9. The van der Waals surface area contributed by atoms with Gasteiger partial charge in [-0.3, -0.25) is 0 Å². The first kappa shape index (κ1) is 12.9. The molecule has 0 radical (unpaired) electrons. The number of rotatable bonds is 2. The van der Waals surface area contributed by atoms with Crippen LogP contribution in [0.25, 0.3) is 0 Å². The normalized spacial score (nSPS) is 29.0. The molecule has 0 saturated carbocycles. The van der Waals surface area contributed by atoms with Crippen molar-refractivity contribution < 1.29 is 14.7 Å². The molecule has 0 aliphatic carbocycles. The second kappa shape index (κ2) is 3.70. The molecule has 0 aromatic rings. The first-order valence-corrected chi connectivity index (χ1v) is 5.29. The lowest BCUT2D eigenvalue weighted by atomic mass is 9.78. The molecular weight excluding hydrogens is 194 g/mol. The lowest BCUT2D eigenvalue weighted by Crippen LogP contribution is -2.65. The number of hydrogen-bond donors (Lipinski definition) is 1. The number of hydroxylamine groups is 2. The number of nitrogens with zero attached hydrogens (tertiary/aromatic N) is 1. The van der Waals surface area contributed by atoms with Crippen LogP contribution >= 0.6 is 0 Å². The molecule has 4 heteroatoms. The Kier molecular flexibility index (Phi) is 3.18. The van der Waals surface area contributed by atoms with Gasteiger partial charge in [-0.05, 0) is 27.7 Å². The minimum atomic E-state index is -1.05. The zero-order valence-electron chi connectivity index (χ0n) is 10.6. The van der Waals surface area contributed by atoms with E-state index in [-0.39, 0.29) is 11.1 Å². The van der Waals surface area contributed by atoms with E-state index in [4.69, 9.17) is 9.57 Å². The smallest absolute Gasteiger partial charge is 0.168 e. The van der Waals surface area contributed by atoms with Crippen LogP contribution in [0, 0.1) is 0 Å². The Morgan fingerprint density at radius 2 is 1.40 bits per heavy atom. The summed E-state index contributed by atoms with van der Waals surface area (Å²) in [5, 5.41) is 12.2. The monoisotopic (exact) mass is 217 g/mol. The van der Waals surface area contributed by atoms with Gasteiger partial charge in [-0.2, -0.15) is 5.06 Å². The van der Waals surface area contributed by atoms with E-state index < -0.39 is 5.79 Å². The van der Waals surface area contributed by atoms with Crippen LogP contribution in [0.4, 0.5) is 0 Å². The van der Waals surface area contributed by atoms with Crippen LogP contribution in [0.1, 0.15) is 40.5 Å². The SMILES string of the molecule is CON1C(C)(C)CC(O)(OC)CC1(C)C. The van der Waals surface area contributed by atoms with Crippen LogP contribution < -0.4 is 0 Å². The Hall–Kier alpha value is -0.160. The van der Waals surface area contributed by atoms with Gasteiger partial charge in [0, 0.05) is 31.0 Å². The molecule has 0 unspecified atom stereocenters. The van der Waals surface area contributed by atoms with Gasteiger partial charge in [0.2, 0.25) is 0 Å². The molecule has 0 amide bonds. The summed E-state index contributed by atoms with van der Waals surface area (Å²) in [5.74, 6) is -1.05. The van der Waals surface area contributed by atoms with Gasteiger partial charge >= 0.3 is 0 Å². The Labute approximate surface area is 92.1 Å². The molecule has 15 heavy (non-hydrogen) atoms. The van der Waals surface area contributed by atoms with E-state index in [1.54, 1.807) is 14.2 Å². The minimum absolute atomic E-state index is 0.249. The fourth-order valence-electron chi connectivity index (χ4n) is 3.02. The maximum absolute atomic E-state index is 10.3. The van der Waals surface area contributed by atoms with E-state index in [1.807, 2.05) is 32.8 Å². The minimum Gasteiger partial charge on any atom is -0.365 e. The Bertz CT molecular complexity index is 220. The van der Waals surface area contributed by atoms with Gasteiger partial charge in [-0.25, -0.2) is 0 Å². The summed E-state index contributed by atoms with van der Waals surface area (Å²) in [5.41, 5.74) is -0.498. The van der Waals surface area contributed by atoms with Crippen molar-refractivity contribution in [3.63, 3.8) is 0 Å². The summed E-state index contributed by atoms with van der Waals surface area (Å²) in [7, 11) is 3.22. The summed E-state index contributed by atoms with van der Waals surface area (Å²) in [6.07, 6.45) is 1.07. The molecule has 1 rings (SSSR count). The summed E-state index contributed by atoms with van der Waals surface area (Å²) in [6, 6.07) is 0. The molecular formula is C11H23NO3. The summed E-state index contributed by atoms with van der Waals surface area (Å²) < 4.78 is 5.22. The molecule has 4 nitrogen and oxygen atoms in total. The second-order valence-corrected chi connectivity index (χ2v) is 5.61. The van der Waals surface area contributed by atoms with Crippen LogP contribution in [0.3, 0.4) is 0 Å². The second-order valence-electron chi connectivity index (χ2n) is 5.61. The van der Waals surface area contributed by atoms with Crippen molar-refractivity contribution in [3.05, 3.63) is 0 Å². The molecule has 90 valence electrons. The van der Waals surface area contributed by atoms with Gasteiger partial charge in [0.05, 0.1) is 7.11 Å². The number of methoxy groups -OCH3 is 1. The molecule has 1 aliphatic heterocycles. The highest BCUT2D eigenvalue weighted by atomic mass is 16.7. The van der Waals surface area contributed by atoms with E-state index in [0.717, 1.165) is 0 Å². The van der Waals surface area contributed by atoms with Crippen LogP contribution in [0.15, 0.2) is 0 Å². The van der Waals surface area contributed by atoms with Crippen molar-refractivity contribution in [3.8, 4) is 0 Å². The highest BCUT2D eigenvalue weighted by molar-refractivity contribution is 5.00. The van der Waals surface area contributed by atoms with E-state index in [0.29, 0.717) is 12.8 Å². The van der Waals surface area contributed by atoms with Crippen LogP contribution in [0.2, 0.25) is 0 Å². The average Bonchev–Trinajstić information content (AvgIpc) is 1.99. The summed E-state index contributed by atoms with van der Waals surface area (Å²) >= 11 is 0. The Morgan fingerprint density at radius 1 is 1.00 bits per heavy atom. The predicted molar refractivity (Wildman–Crippen MR) is 58.2 cm³/mol. The van der Waals surface area contributed by atoms with Gasteiger partial charge in [0.15, 0.2) is 5.79 Å². The maximum Gasteiger partial charge on any atom is 0.168 e. The number of ether oxygens (including phenoxy) is 1. The molecule has 0 aromatic carbocycles. The Balaban J connectivity index is 3.01. The molecule has 0 aromatic heterocycles. The largest absolute Gasteiger partial charge is 0.365 e. The first-order valence-electron chi connectivity index (χ1n) is 5.29. The molecule has 0 spiro atoms. The van der Waals surface area contributed by atoms with E-state index in [1.165, 1.54) is 0 Å². The fraction of sp³-hybridized carbons (Fsp3) is 1.00. The van der Waals surface area contributed by atoms with Crippen molar-refractivity contribution >= 4 is 0 Å². The third-order valence-electron chi connectivity index (χ3n) is 3.08. The lowest BCUT2D eigenvalue weighted by Gasteiger charge is -2.55. The van der Waals surface area contributed by atoms with Gasteiger partial charge in [-0.15, -0.1) is 0 Å². The van der Waals surface area contributed by atoms with Crippen molar-refractivity contribution in [2.45, 2.75) is 57.4 Å². The van der Waals surface area contributed by atoms with Crippen molar-refractivity contribution in [2.24, 2.45) is 0 Å². The number of piperidine rings is 1. The standard InChI is InChI=1S/C11H23NO3/c1-9(2)7-11(13,14-5)8-10(3,4)12(9)15-6/h13H,7-8H2,1-6H3. The highest BCUT2D eigenvalue weighted by Gasteiger charge is 2.52. The molecule has 1 heterocycles. The Morgan fingerprint density at radius 3 is 1.67 bits per heavy atom. The van der Waals surface area contributed by atoms with Gasteiger partial charge in [-0.1, -0.05) is 0 Å². The molecule has 1 saturated heterocycles. The van der Waals surface area contributed by atoms with E-state index in [9.17, 15) is 5.11 Å². The van der Waals surface area contributed by atoms with Gasteiger partial charge < -0.3 is 14.7 Å². The van der Waals surface area contributed by atoms with Gasteiger partial charge in [0.1, 0.15) is 0 Å². The zero-order valence-corrected chi connectivity index (χ0v) is 10.6. The molecule has 0 atom stereocenters. The van der Waals surface area contributed by atoms with Crippen molar-refractivity contribution in [2.75, 3.05) is 14.2 Å². The van der Waals surface area contributed by atoms with E-state index in [2.05, 4.69) is 0 Å². The van der Waals surface area contributed by atoms with Crippen LogP contribution in [-0.4, -0.2) is 41.3 Å². The van der Waals surface area contributed by atoms with Gasteiger partial charge in [0.25, 0.3) is 0 Å². The number of hydrogen-bond acceptors (Lipinski definition) is 4. The van der Waals surface area contributed by atoms with E-state index >= 15 is 0 Å². The average molecular weight is 217 g/mol. The third kappa shape index (κ3) is 2.33. The lowest BCUT2D eigenvalue weighted by molar-refractivity contribution is -0.333. The quantitative estimate of drug-likeness (QED) is 0.712. The van der Waals surface area contributed by atoms with Crippen molar-refractivity contribution in [1.29, 1.82) is 0 Å². The van der Waals surface area contributed by atoms with Crippen LogP contribution in [-0.2, 0) is 9.57 Å². The maximum atomic E-state index is 10.3. The highest BCUT2D eigenvalue weighted by Crippen LogP contribution is 2.43.